The topological polar surface area (TPSA) is 83.5 Å². The fourth-order valence-electron chi connectivity index (χ4n) is 1.04. The van der Waals surface area contributed by atoms with Gasteiger partial charge in [-0.25, -0.2) is 8.42 Å². The first kappa shape index (κ1) is 11.5. The summed E-state index contributed by atoms with van der Waals surface area (Å²) < 4.78 is 23.3. The lowest BCUT2D eigenvalue weighted by Gasteiger charge is -2.02. The maximum atomic E-state index is 11.2. The van der Waals surface area contributed by atoms with Gasteiger partial charge < -0.3 is 5.11 Å². The van der Waals surface area contributed by atoms with Crippen LogP contribution < -0.4 is 4.72 Å². The van der Waals surface area contributed by atoms with E-state index >= 15 is 0 Å². The van der Waals surface area contributed by atoms with Crippen LogP contribution in [-0.4, -0.2) is 25.7 Å². The summed E-state index contributed by atoms with van der Waals surface area (Å²) in [6.07, 6.45) is 0.884. The molecule has 15 heavy (non-hydrogen) atoms. The van der Waals surface area contributed by atoms with Gasteiger partial charge in [-0.05, 0) is 17.7 Å². The molecule has 5 nitrogen and oxygen atoms in total. The van der Waals surface area contributed by atoms with E-state index in [-0.39, 0.29) is 12.2 Å². The normalized spacial score (nSPS) is 11.0. The van der Waals surface area contributed by atoms with Crippen LogP contribution in [0.1, 0.15) is 5.56 Å². The van der Waals surface area contributed by atoms with Crippen molar-refractivity contribution in [2.24, 2.45) is 0 Å². The fraction of sp³-hybridized carbons (Fsp3) is 0.222. The Morgan fingerprint density at radius 1 is 1.33 bits per heavy atom. The van der Waals surface area contributed by atoms with Gasteiger partial charge in [-0.15, -0.1) is 0 Å². The zero-order valence-electron chi connectivity index (χ0n) is 8.10. The summed E-state index contributed by atoms with van der Waals surface area (Å²) in [7, 11) is -3.50. The molecule has 0 saturated heterocycles. The molecule has 0 fully saturated rings. The van der Waals surface area contributed by atoms with E-state index in [1.165, 1.54) is 12.1 Å². The average molecular weight is 229 g/mol. The lowest BCUT2D eigenvalue weighted by Crippen LogP contribution is -2.30. The van der Waals surface area contributed by atoms with Crippen molar-refractivity contribution >= 4 is 15.9 Å². The van der Waals surface area contributed by atoms with Gasteiger partial charge in [-0.1, -0.05) is 12.1 Å². The number of phenolic OH excluding ortho intramolecular Hbond substituents is 1. The molecular weight excluding hydrogens is 218 g/mol. The molecule has 6 heteroatoms. The van der Waals surface area contributed by atoms with Gasteiger partial charge >= 0.3 is 0 Å². The molecule has 0 radical (unpaired) electrons. The molecule has 0 atom stereocenters. The Kier molecular flexibility index (Phi) is 3.31. The molecule has 0 aliphatic carbocycles. The van der Waals surface area contributed by atoms with Gasteiger partial charge in [0, 0.05) is 0 Å². The SMILES string of the molecule is CS(=O)(=O)NC(=O)Cc1ccc(O)cc1. The first-order valence-electron chi connectivity index (χ1n) is 4.15. The number of phenols is 1. The highest BCUT2D eigenvalue weighted by atomic mass is 32.2. The quantitative estimate of drug-likeness (QED) is 0.764. The van der Waals surface area contributed by atoms with E-state index in [0.717, 1.165) is 6.26 Å². The Morgan fingerprint density at radius 2 is 1.87 bits per heavy atom. The van der Waals surface area contributed by atoms with Crippen LogP contribution in [0.15, 0.2) is 24.3 Å². The molecule has 82 valence electrons. The largest absolute Gasteiger partial charge is 0.508 e. The third kappa shape index (κ3) is 4.46. The van der Waals surface area contributed by atoms with E-state index in [0.29, 0.717) is 5.56 Å². The van der Waals surface area contributed by atoms with Crippen molar-refractivity contribution in [3.05, 3.63) is 29.8 Å². The van der Waals surface area contributed by atoms with E-state index in [4.69, 9.17) is 5.11 Å². The Balaban J connectivity index is 2.63. The van der Waals surface area contributed by atoms with Gasteiger partial charge in [-0.3, -0.25) is 9.52 Å². The van der Waals surface area contributed by atoms with Crippen LogP contribution in [0, 0.1) is 0 Å². The van der Waals surface area contributed by atoms with Gasteiger partial charge in [-0.2, -0.15) is 0 Å². The maximum absolute atomic E-state index is 11.2. The third-order valence-electron chi connectivity index (χ3n) is 1.60. The molecule has 0 heterocycles. The molecule has 1 rings (SSSR count). The molecule has 1 aromatic carbocycles. The van der Waals surface area contributed by atoms with Crippen LogP contribution in [-0.2, 0) is 21.2 Å². The number of rotatable bonds is 3. The second-order valence-corrected chi connectivity index (χ2v) is 4.89. The lowest BCUT2D eigenvalue weighted by atomic mass is 10.1. The third-order valence-corrected chi connectivity index (χ3v) is 2.20. The monoisotopic (exact) mass is 229 g/mol. The van der Waals surface area contributed by atoms with Gasteiger partial charge in [0.1, 0.15) is 5.75 Å². The number of amides is 1. The van der Waals surface area contributed by atoms with Crippen molar-refractivity contribution in [1.82, 2.24) is 4.72 Å². The van der Waals surface area contributed by atoms with Crippen LogP contribution in [0.25, 0.3) is 0 Å². The molecule has 2 N–H and O–H groups in total. The molecule has 0 spiro atoms. The number of nitrogens with one attached hydrogen (secondary N) is 1. The molecule has 0 aromatic heterocycles. The number of aromatic hydroxyl groups is 1. The highest BCUT2D eigenvalue weighted by Gasteiger charge is 2.08. The lowest BCUT2D eigenvalue weighted by molar-refractivity contribution is -0.118. The van der Waals surface area contributed by atoms with Gasteiger partial charge in [0.05, 0.1) is 12.7 Å². The number of hydrogen-bond donors (Lipinski definition) is 2. The van der Waals surface area contributed by atoms with Gasteiger partial charge in [0.2, 0.25) is 15.9 Å². The van der Waals surface area contributed by atoms with Crippen molar-refractivity contribution in [3.63, 3.8) is 0 Å². The molecule has 0 aliphatic rings. The van der Waals surface area contributed by atoms with Crippen LogP contribution >= 0.6 is 0 Å². The van der Waals surface area contributed by atoms with Crippen LogP contribution in [0.2, 0.25) is 0 Å². The number of hydrogen-bond acceptors (Lipinski definition) is 4. The molecule has 0 saturated carbocycles. The summed E-state index contributed by atoms with van der Waals surface area (Å²) in [5, 5.41) is 8.98. The van der Waals surface area contributed by atoms with Crippen molar-refractivity contribution < 1.29 is 18.3 Å². The summed E-state index contributed by atoms with van der Waals surface area (Å²) in [6.45, 7) is 0. The molecule has 0 bridgehead atoms. The fourth-order valence-corrected chi connectivity index (χ4v) is 1.53. The Bertz CT molecular complexity index is 450. The Labute approximate surface area is 87.8 Å². The van der Waals surface area contributed by atoms with Crippen molar-refractivity contribution in [3.8, 4) is 5.75 Å². The number of benzene rings is 1. The van der Waals surface area contributed by atoms with Gasteiger partial charge in [0.15, 0.2) is 0 Å². The van der Waals surface area contributed by atoms with Crippen LogP contribution in [0.4, 0.5) is 0 Å². The van der Waals surface area contributed by atoms with Crippen LogP contribution in [0.5, 0.6) is 5.75 Å². The molecule has 0 aliphatic heterocycles. The summed E-state index contributed by atoms with van der Waals surface area (Å²) in [4.78, 5) is 11.2. The number of carbonyl (C=O) groups excluding carboxylic acids is 1. The minimum atomic E-state index is -3.50. The minimum absolute atomic E-state index is 0.0344. The van der Waals surface area contributed by atoms with Crippen molar-refractivity contribution in [1.29, 1.82) is 0 Å². The van der Waals surface area contributed by atoms with Crippen molar-refractivity contribution in [2.75, 3.05) is 6.26 Å². The highest BCUT2D eigenvalue weighted by molar-refractivity contribution is 7.89. The predicted octanol–water partition coefficient (Wildman–Crippen LogP) is 0.0105. The Morgan fingerprint density at radius 3 is 2.33 bits per heavy atom. The standard InChI is InChI=1S/C9H11NO4S/c1-15(13,14)10-9(12)6-7-2-4-8(11)5-3-7/h2-5,11H,6H2,1H3,(H,10,12). The first-order chi connectivity index (χ1) is 6.87. The summed E-state index contributed by atoms with van der Waals surface area (Å²) >= 11 is 0. The van der Waals surface area contributed by atoms with E-state index < -0.39 is 15.9 Å². The van der Waals surface area contributed by atoms with E-state index in [1.807, 2.05) is 4.72 Å². The first-order valence-corrected chi connectivity index (χ1v) is 6.04. The van der Waals surface area contributed by atoms with Gasteiger partial charge in [0.25, 0.3) is 0 Å². The number of sulfonamides is 1. The molecule has 1 aromatic rings. The van der Waals surface area contributed by atoms with Crippen LogP contribution in [0.3, 0.4) is 0 Å². The van der Waals surface area contributed by atoms with Crippen molar-refractivity contribution in [2.45, 2.75) is 6.42 Å². The maximum Gasteiger partial charge on any atom is 0.237 e. The smallest absolute Gasteiger partial charge is 0.237 e. The second-order valence-electron chi connectivity index (χ2n) is 3.14. The molecular formula is C9H11NO4S. The molecule has 1 amide bonds. The van der Waals surface area contributed by atoms with E-state index in [1.54, 1.807) is 12.1 Å². The van der Waals surface area contributed by atoms with E-state index in [2.05, 4.69) is 0 Å². The number of carbonyl (C=O) groups is 1. The second kappa shape index (κ2) is 4.31. The van der Waals surface area contributed by atoms with E-state index in [9.17, 15) is 13.2 Å². The predicted molar refractivity (Wildman–Crippen MR) is 54.8 cm³/mol. The Hall–Kier alpha value is -1.56. The summed E-state index contributed by atoms with van der Waals surface area (Å²) in [5.41, 5.74) is 0.633. The highest BCUT2D eigenvalue weighted by Crippen LogP contribution is 2.09. The summed E-state index contributed by atoms with van der Waals surface area (Å²) in [5.74, 6) is -0.495. The zero-order chi connectivity index (χ0) is 11.5. The summed E-state index contributed by atoms with van der Waals surface area (Å²) in [6, 6.07) is 5.97. The average Bonchev–Trinajstić information content (AvgIpc) is 2.05. The molecule has 0 unspecified atom stereocenters. The minimum Gasteiger partial charge on any atom is -0.508 e. The zero-order valence-corrected chi connectivity index (χ0v) is 8.91.